The second-order valence-corrected chi connectivity index (χ2v) is 6.78. The molecule has 2 aliphatic rings. The van der Waals surface area contributed by atoms with Gasteiger partial charge >= 0.3 is 0 Å². The second kappa shape index (κ2) is 5.80. The Labute approximate surface area is 127 Å². The maximum atomic E-state index is 12.3. The third-order valence-electron chi connectivity index (χ3n) is 5.42. The van der Waals surface area contributed by atoms with E-state index in [0.29, 0.717) is 5.41 Å². The molecule has 21 heavy (non-hydrogen) atoms. The average Bonchev–Trinajstić information content (AvgIpc) is 3.16. The fraction of sp³-hybridized carbons (Fsp3) is 0.611. The summed E-state index contributed by atoms with van der Waals surface area (Å²) in [4.78, 5) is 12.3. The zero-order valence-electron chi connectivity index (χ0n) is 13.2. The molecule has 0 aromatic heterocycles. The lowest BCUT2D eigenvalue weighted by Crippen LogP contribution is -2.34. The molecule has 1 aromatic rings. The van der Waals surface area contributed by atoms with Gasteiger partial charge in [0.25, 0.3) is 0 Å². The molecule has 0 bridgehead atoms. The monoisotopic (exact) mass is 286 g/mol. The van der Waals surface area contributed by atoms with Gasteiger partial charge in [-0.15, -0.1) is 0 Å². The van der Waals surface area contributed by atoms with Crippen molar-refractivity contribution in [3.63, 3.8) is 0 Å². The first kappa shape index (κ1) is 14.6. The summed E-state index contributed by atoms with van der Waals surface area (Å²) in [5, 5.41) is 6.55. The minimum absolute atomic E-state index is 0.276. The second-order valence-electron chi connectivity index (χ2n) is 6.78. The molecule has 1 amide bonds. The van der Waals surface area contributed by atoms with Gasteiger partial charge in [0.1, 0.15) is 0 Å². The Morgan fingerprint density at radius 1 is 1.29 bits per heavy atom. The van der Waals surface area contributed by atoms with Crippen LogP contribution in [0.3, 0.4) is 0 Å². The smallest absolute Gasteiger partial charge is 0.223 e. The highest BCUT2D eigenvalue weighted by Gasteiger charge is 2.57. The number of amides is 1. The Morgan fingerprint density at radius 3 is 2.62 bits per heavy atom. The largest absolute Gasteiger partial charge is 0.356 e. The van der Waals surface area contributed by atoms with Crippen molar-refractivity contribution in [3.05, 3.63) is 34.9 Å². The first-order chi connectivity index (χ1) is 10.1. The van der Waals surface area contributed by atoms with Gasteiger partial charge in [0.15, 0.2) is 0 Å². The molecule has 2 fully saturated rings. The number of nitrogens with one attached hydrogen (secondary N) is 2. The van der Waals surface area contributed by atoms with Gasteiger partial charge in [0.2, 0.25) is 5.91 Å². The van der Waals surface area contributed by atoms with Crippen molar-refractivity contribution in [1.29, 1.82) is 0 Å². The third-order valence-corrected chi connectivity index (χ3v) is 5.42. The Kier molecular flexibility index (Phi) is 4.03. The lowest BCUT2D eigenvalue weighted by Gasteiger charge is -2.23. The first-order valence-electron chi connectivity index (χ1n) is 8.16. The molecule has 1 aliphatic carbocycles. The standard InChI is InChI=1S/C18H26N2O/c1-13-4-3-5-14(2)15(13)6-9-20-17(21)16-12-18(16)7-10-19-11-8-18/h3-5,16,19H,6-12H2,1-2H3,(H,20,21). The highest BCUT2D eigenvalue weighted by Crippen LogP contribution is 2.58. The lowest BCUT2D eigenvalue weighted by atomic mass is 9.92. The van der Waals surface area contributed by atoms with Crippen LogP contribution in [0.2, 0.25) is 0 Å². The number of hydrogen-bond acceptors (Lipinski definition) is 2. The van der Waals surface area contributed by atoms with E-state index in [1.54, 1.807) is 0 Å². The fourth-order valence-corrected chi connectivity index (χ4v) is 3.87. The summed E-state index contributed by atoms with van der Waals surface area (Å²) in [5.41, 5.74) is 4.37. The molecular formula is C18H26N2O. The van der Waals surface area contributed by atoms with Crippen LogP contribution in [0.25, 0.3) is 0 Å². The molecule has 1 atom stereocenters. The summed E-state index contributed by atoms with van der Waals surface area (Å²) in [7, 11) is 0. The van der Waals surface area contributed by atoms with Gasteiger partial charge in [-0.2, -0.15) is 0 Å². The van der Waals surface area contributed by atoms with Gasteiger partial charge in [-0.1, -0.05) is 18.2 Å². The highest BCUT2D eigenvalue weighted by atomic mass is 16.2. The van der Waals surface area contributed by atoms with Crippen LogP contribution in [0.15, 0.2) is 18.2 Å². The maximum Gasteiger partial charge on any atom is 0.223 e. The predicted molar refractivity (Wildman–Crippen MR) is 85.3 cm³/mol. The molecule has 0 radical (unpaired) electrons. The number of rotatable bonds is 4. The first-order valence-corrected chi connectivity index (χ1v) is 8.16. The maximum absolute atomic E-state index is 12.3. The molecule has 3 heteroatoms. The average molecular weight is 286 g/mol. The van der Waals surface area contributed by atoms with Crippen LogP contribution in [0.4, 0.5) is 0 Å². The molecule has 1 heterocycles. The molecule has 114 valence electrons. The van der Waals surface area contributed by atoms with E-state index in [-0.39, 0.29) is 11.8 Å². The quantitative estimate of drug-likeness (QED) is 0.892. The number of benzene rings is 1. The molecule has 1 aromatic carbocycles. The normalized spacial score (nSPS) is 23.0. The van der Waals surface area contributed by atoms with Crippen molar-refractivity contribution in [2.75, 3.05) is 19.6 Å². The minimum atomic E-state index is 0.276. The molecule has 1 unspecified atom stereocenters. The summed E-state index contributed by atoms with van der Waals surface area (Å²) in [6.07, 6.45) is 4.37. The molecule has 3 nitrogen and oxygen atoms in total. The molecular weight excluding hydrogens is 260 g/mol. The van der Waals surface area contributed by atoms with Crippen LogP contribution < -0.4 is 10.6 Å². The van der Waals surface area contributed by atoms with Crippen molar-refractivity contribution in [2.24, 2.45) is 11.3 Å². The van der Waals surface area contributed by atoms with Crippen molar-refractivity contribution in [3.8, 4) is 0 Å². The molecule has 1 aliphatic heterocycles. The van der Waals surface area contributed by atoms with E-state index < -0.39 is 0 Å². The molecule has 1 saturated carbocycles. The van der Waals surface area contributed by atoms with Crippen LogP contribution >= 0.6 is 0 Å². The summed E-state index contributed by atoms with van der Waals surface area (Å²) in [6, 6.07) is 6.39. The Morgan fingerprint density at radius 2 is 1.95 bits per heavy atom. The number of carbonyl (C=O) groups is 1. The van der Waals surface area contributed by atoms with Gasteiger partial charge in [-0.3, -0.25) is 4.79 Å². The SMILES string of the molecule is Cc1cccc(C)c1CCNC(=O)C1CC12CCNCC2. The van der Waals surface area contributed by atoms with E-state index in [2.05, 4.69) is 42.7 Å². The Bertz CT molecular complexity index is 512. The molecule has 3 rings (SSSR count). The van der Waals surface area contributed by atoms with E-state index >= 15 is 0 Å². The van der Waals surface area contributed by atoms with E-state index in [0.717, 1.165) is 32.5 Å². The highest BCUT2D eigenvalue weighted by molar-refractivity contribution is 5.82. The topological polar surface area (TPSA) is 41.1 Å². The Balaban J connectivity index is 1.49. The summed E-state index contributed by atoms with van der Waals surface area (Å²) in [5.74, 6) is 0.556. The van der Waals surface area contributed by atoms with Crippen LogP contribution in [0.1, 0.15) is 36.0 Å². The van der Waals surface area contributed by atoms with Crippen LogP contribution in [-0.2, 0) is 11.2 Å². The van der Waals surface area contributed by atoms with Crippen molar-refractivity contribution in [1.82, 2.24) is 10.6 Å². The van der Waals surface area contributed by atoms with Gasteiger partial charge < -0.3 is 10.6 Å². The van der Waals surface area contributed by atoms with Gasteiger partial charge in [-0.05, 0) is 74.7 Å². The fourth-order valence-electron chi connectivity index (χ4n) is 3.87. The summed E-state index contributed by atoms with van der Waals surface area (Å²) >= 11 is 0. The predicted octanol–water partition coefficient (Wildman–Crippen LogP) is 2.35. The summed E-state index contributed by atoms with van der Waals surface area (Å²) in [6.45, 7) is 7.21. The number of aryl methyl sites for hydroxylation is 2. The van der Waals surface area contributed by atoms with E-state index in [4.69, 9.17) is 0 Å². The van der Waals surface area contributed by atoms with Gasteiger partial charge in [0.05, 0.1) is 0 Å². The zero-order valence-corrected chi connectivity index (χ0v) is 13.2. The van der Waals surface area contributed by atoms with Crippen molar-refractivity contribution in [2.45, 2.75) is 39.5 Å². The number of hydrogen-bond donors (Lipinski definition) is 2. The number of piperidine rings is 1. The van der Waals surface area contributed by atoms with Crippen LogP contribution in [0, 0.1) is 25.2 Å². The lowest BCUT2D eigenvalue weighted by molar-refractivity contribution is -0.123. The number of carbonyl (C=O) groups excluding carboxylic acids is 1. The zero-order chi connectivity index (χ0) is 14.9. The van der Waals surface area contributed by atoms with Crippen LogP contribution in [0.5, 0.6) is 0 Å². The molecule has 2 N–H and O–H groups in total. The van der Waals surface area contributed by atoms with Gasteiger partial charge in [0, 0.05) is 12.5 Å². The van der Waals surface area contributed by atoms with E-state index in [9.17, 15) is 4.79 Å². The summed E-state index contributed by atoms with van der Waals surface area (Å²) < 4.78 is 0. The van der Waals surface area contributed by atoms with E-state index in [1.807, 2.05) is 0 Å². The van der Waals surface area contributed by atoms with Crippen molar-refractivity contribution < 1.29 is 4.79 Å². The van der Waals surface area contributed by atoms with Crippen LogP contribution in [-0.4, -0.2) is 25.5 Å². The van der Waals surface area contributed by atoms with E-state index in [1.165, 1.54) is 29.5 Å². The minimum Gasteiger partial charge on any atom is -0.356 e. The Hall–Kier alpha value is -1.35. The third kappa shape index (κ3) is 2.98. The van der Waals surface area contributed by atoms with Gasteiger partial charge in [-0.25, -0.2) is 0 Å². The van der Waals surface area contributed by atoms with Crippen molar-refractivity contribution >= 4 is 5.91 Å². The molecule has 1 spiro atoms. The molecule has 1 saturated heterocycles.